The first-order valence-corrected chi connectivity index (χ1v) is 8.29. The minimum atomic E-state index is -0.00265. The molecule has 3 heterocycles. The second kappa shape index (κ2) is 6.59. The molecule has 7 nitrogen and oxygen atoms in total. The van der Waals surface area contributed by atoms with Crippen molar-refractivity contribution in [2.24, 2.45) is 0 Å². The standard InChI is InChI=1S/C17H23N5O2/c1-5-11(2)24-16-8-14(6-7-18-16)17(23)21-9-15(10-21)22-13(4)19-12(3)20-22/h6-8,11,15H,5,9-10H2,1-4H3. The lowest BCUT2D eigenvalue weighted by Crippen LogP contribution is -2.51. The number of pyridine rings is 1. The zero-order valence-corrected chi connectivity index (χ0v) is 14.6. The molecule has 1 aliphatic heterocycles. The number of ether oxygens (including phenoxy) is 1. The largest absolute Gasteiger partial charge is 0.475 e. The van der Waals surface area contributed by atoms with Gasteiger partial charge in [0.15, 0.2) is 0 Å². The molecule has 0 bridgehead atoms. The quantitative estimate of drug-likeness (QED) is 0.840. The van der Waals surface area contributed by atoms with E-state index in [4.69, 9.17) is 4.74 Å². The Labute approximate surface area is 141 Å². The van der Waals surface area contributed by atoms with Crippen LogP contribution in [0.3, 0.4) is 0 Å². The molecular weight excluding hydrogens is 306 g/mol. The number of rotatable bonds is 5. The van der Waals surface area contributed by atoms with E-state index in [1.54, 1.807) is 18.3 Å². The van der Waals surface area contributed by atoms with E-state index in [2.05, 4.69) is 15.1 Å². The van der Waals surface area contributed by atoms with Crippen LogP contribution < -0.4 is 4.74 Å². The molecule has 1 fully saturated rings. The number of hydrogen-bond acceptors (Lipinski definition) is 5. The van der Waals surface area contributed by atoms with E-state index in [1.165, 1.54) is 0 Å². The highest BCUT2D eigenvalue weighted by molar-refractivity contribution is 5.95. The van der Waals surface area contributed by atoms with E-state index in [9.17, 15) is 4.79 Å². The van der Waals surface area contributed by atoms with E-state index in [0.717, 1.165) is 18.1 Å². The Morgan fingerprint density at radius 3 is 2.79 bits per heavy atom. The number of nitrogens with zero attached hydrogens (tertiary/aromatic N) is 5. The summed E-state index contributed by atoms with van der Waals surface area (Å²) in [5.41, 5.74) is 0.605. The minimum Gasteiger partial charge on any atom is -0.475 e. The Hall–Kier alpha value is -2.44. The van der Waals surface area contributed by atoms with Crippen molar-refractivity contribution in [1.82, 2.24) is 24.6 Å². The summed E-state index contributed by atoms with van der Waals surface area (Å²) in [5, 5.41) is 4.39. The van der Waals surface area contributed by atoms with Crippen LogP contribution in [0, 0.1) is 13.8 Å². The van der Waals surface area contributed by atoms with E-state index < -0.39 is 0 Å². The summed E-state index contributed by atoms with van der Waals surface area (Å²) in [7, 11) is 0. The normalized spacial score (nSPS) is 15.9. The molecule has 0 spiro atoms. The van der Waals surface area contributed by atoms with E-state index in [-0.39, 0.29) is 18.1 Å². The van der Waals surface area contributed by atoms with Crippen molar-refractivity contribution in [2.45, 2.75) is 46.3 Å². The van der Waals surface area contributed by atoms with Crippen LogP contribution >= 0.6 is 0 Å². The molecule has 0 radical (unpaired) electrons. The maximum absolute atomic E-state index is 12.6. The van der Waals surface area contributed by atoms with Crippen LogP contribution in [-0.2, 0) is 0 Å². The van der Waals surface area contributed by atoms with Gasteiger partial charge in [-0.25, -0.2) is 14.6 Å². The highest BCUT2D eigenvalue weighted by Crippen LogP contribution is 2.24. The van der Waals surface area contributed by atoms with Crippen LogP contribution in [0.1, 0.15) is 48.3 Å². The summed E-state index contributed by atoms with van der Waals surface area (Å²) in [4.78, 5) is 22.9. The average Bonchev–Trinajstić information content (AvgIpc) is 2.84. The zero-order valence-electron chi connectivity index (χ0n) is 14.6. The number of hydrogen-bond donors (Lipinski definition) is 0. The third kappa shape index (κ3) is 3.25. The first-order valence-electron chi connectivity index (χ1n) is 8.29. The van der Waals surface area contributed by atoms with Crippen molar-refractivity contribution in [2.75, 3.05) is 13.1 Å². The molecular formula is C17H23N5O2. The van der Waals surface area contributed by atoms with Gasteiger partial charge in [0.2, 0.25) is 5.88 Å². The lowest BCUT2D eigenvalue weighted by molar-refractivity contribution is 0.0496. The van der Waals surface area contributed by atoms with Crippen molar-refractivity contribution in [3.05, 3.63) is 35.5 Å². The fourth-order valence-corrected chi connectivity index (χ4v) is 2.74. The fourth-order valence-electron chi connectivity index (χ4n) is 2.74. The second-order valence-corrected chi connectivity index (χ2v) is 6.23. The second-order valence-electron chi connectivity index (χ2n) is 6.23. The third-order valence-corrected chi connectivity index (χ3v) is 4.28. The molecule has 0 saturated carbocycles. The van der Waals surface area contributed by atoms with Crippen molar-refractivity contribution in [1.29, 1.82) is 0 Å². The molecule has 3 rings (SSSR count). The molecule has 0 N–H and O–H groups in total. The molecule has 24 heavy (non-hydrogen) atoms. The van der Waals surface area contributed by atoms with Gasteiger partial charge in [-0.1, -0.05) is 6.92 Å². The molecule has 1 amide bonds. The first-order chi connectivity index (χ1) is 11.5. The van der Waals surface area contributed by atoms with Gasteiger partial charge in [0.1, 0.15) is 11.6 Å². The molecule has 0 aliphatic carbocycles. The summed E-state index contributed by atoms with van der Waals surface area (Å²) in [6.45, 7) is 9.14. The van der Waals surface area contributed by atoms with Crippen molar-refractivity contribution >= 4 is 5.91 Å². The lowest BCUT2D eigenvalue weighted by Gasteiger charge is -2.39. The number of carbonyl (C=O) groups is 1. The number of aromatic nitrogens is 4. The summed E-state index contributed by atoms with van der Waals surface area (Å²) in [6, 6.07) is 3.64. The van der Waals surface area contributed by atoms with Crippen molar-refractivity contribution in [3.8, 4) is 5.88 Å². The third-order valence-electron chi connectivity index (χ3n) is 4.28. The molecule has 1 aliphatic rings. The van der Waals surface area contributed by atoms with Crippen LogP contribution in [0.25, 0.3) is 0 Å². The molecule has 1 saturated heterocycles. The van der Waals surface area contributed by atoms with Crippen LogP contribution in [0.2, 0.25) is 0 Å². The van der Waals surface area contributed by atoms with E-state index in [0.29, 0.717) is 24.5 Å². The van der Waals surface area contributed by atoms with Crippen LogP contribution in [-0.4, -0.2) is 49.7 Å². The number of carbonyl (C=O) groups excluding carboxylic acids is 1. The Morgan fingerprint density at radius 2 is 2.17 bits per heavy atom. The Bertz CT molecular complexity index is 736. The number of likely N-dealkylation sites (tertiary alicyclic amines) is 1. The fraction of sp³-hybridized carbons (Fsp3) is 0.529. The van der Waals surface area contributed by atoms with E-state index >= 15 is 0 Å². The minimum absolute atomic E-state index is 0.00265. The summed E-state index contributed by atoms with van der Waals surface area (Å²) in [6.07, 6.45) is 2.59. The molecule has 128 valence electrons. The van der Waals surface area contributed by atoms with Gasteiger partial charge in [0.05, 0.1) is 12.1 Å². The van der Waals surface area contributed by atoms with E-state index in [1.807, 2.05) is 37.3 Å². The molecule has 0 aromatic carbocycles. The zero-order chi connectivity index (χ0) is 17.3. The molecule has 2 aromatic rings. The molecule has 2 aromatic heterocycles. The van der Waals surface area contributed by atoms with Gasteiger partial charge in [-0.2, -0.15) is 5.10 Å². The number of amides is 1. The topological polar surface area (TPSA) is 73.1 Å². The molecule has 1 atom stereocenters. The Balaban J connectivity index is 1.64. The Kier molecular flexibility index (Phi) is 4.51. The maximum Gasteiger partial charge on any atom is 0.254 e. The molecule has 1 unspecified atom stereocenters. The van der Waals surface area contributed by atoms with Crippen LogP contribution in [0.5, 0.6) is 5.88 Å². The molecule has 7 heteroatoms. The van der Waals surface area contributed by atoms with Gasteiger partial charge in [-0.15, -0.1) is 0 Å². The average molecular weight is 329 g/mol. The monoisotopic (exact) mass is 329 g/mol. The smallest absolute Gasteiger partial charge is 0.254 e. The van der Waals surface area contributed by atoms with Crippen molar-refractivity contribution < 1.29 is 9.53 Å². The highest BCUT2D eigenvalue weighted by Gasteiger charge is 2.34. The van der Waals surface area contributed by atoms with Gasteiger partial charge in [-0.3, -0.25) is 4.79 Å². The summed E-state index contributed by atoms with van der Waals surface area (Å²) >= 11 is 0. The SMILES string of the molecule is CCC(C)Oc1cc(C(=O)N2CC(n3nc(C)nc3C)C2)ccn1. The first kappa shape index (κ1) is 16.4. The maximum atomic E-state index is 12.6. The lowest BCUT2D eigenvalue weighted by atomic mass is 10.1. The number of aryl methyl sites for hydroxylation is 2. The Morgan fingerprint density at radius 1 is 1.42 bits per heavy atom. The van der Waals surface area contributed by atoms with Gasteiger partial charge >= 0.3 is 0 Å². The van der Waals surface area contributed by atoms with Gasteiger partial charge in [-0.05, 0) is 33.3 Å². The predicted octanol–water partition coefficient (Wildman–Crippen LogP) is 2.16. The van der Waals surface area contributed by atoms with Crippen LogP contribution in [0.15, 0.2) is 18.3 Å². The van der Waals surface area contributed by atoms with Gasteiger partial charge in [0, 0.05) is 30.9 Å². The van der Waals surface area contributed by atoms with Crippen molar-refractivity contribution in [3.63, 3.8) is 0 Å². The summed E-state index contributed by atoms with van der Waals surface area (Å²) in [5.74, 6) is 2.14. The van der Waals surface area contributed by atoms with Crippen LogP contribution in [0.4, 0.5) is 0 Å². The predicted molar refractivity (Wildman–Crippen MR) is 89.1 cm³/mol. The van der Waals surface area contributed by atoms with Gasteiger partial charge < -0.3 is 9.64 Å². The van der Waals surface area contributed by atoms with Gasteiger partial charge in [0.25, 0.3) is 5.91 Å². The highest BCUT2D eigenvalue weighted by atomic mass is 16.5. The summed E-state index contributed by atoms with van der Waals surface area (Å²) < 4.78 is 7.60.